The predicted octanol–water partition coefficient (Wildman–Crippen LogP) is 3.18. The van der Waals surface area contributed by atoms with Crippen molar-refractivity contribution >= 4 is 23.2 Å². The molecule has 1 nitrogen and oxygen atoms in total. The van der Waals surface area contributed by atoms with Crippen LogP contribution in [0.25, 0.3) is 5.57 Å². The molecule has 0 saturated heterocycles. The van der Waals surface area contributed by atoms with Gasteiger partial charge in [0.25, 0.3) is 0 Å². The predicted molar refractivity (Wildman–Crippen MR) is 54.4 cm³/mol. The summed E-state index contributed by atoms with van der Waals surface area (Å²) >= 11 is 1.53. The van der Waals surface area contributed by atoms with E-state index in [-0.39, 0.29) is 0 Å². The van der Waals surface area contributed by atoms with Gasteiger partial charge in [-0.3, -0.25) is 0 Å². The Labute approximate surface area is 76.3 Å². The molecule has 1 aliphatic heterocycles. The number of fused-ring (bicyclic) bond motifs is 1. The van der Waals surface area contributed by atoms with E-state index in [2.05, 4.69) is 23.1 Å². The minimum atomic E-state index is 1.03. The van der Waals surface area contributed by atoms with Crippen LogP contribution in [0.4, 0.5) is 0 Å². The molecule has 0 radical (unpaired) electrons. The lowest BCUT2D eigenvalue weighted by atomic mass is 10.0. The van der Waals surface area contributed by atoms with E-state index in [1.165, 1.54) is 22.4 Å². The van der Waals surface area contributed by atoms with Gasteiger partial charge in [0.2, 0.25) is 0 Å². The highest BCUT2D eigenvalue weighted by Crippen LogP contribution is 2.33. The number of hydrogen-bond donors (Lipinski definition) is 0. The summed E-state index contributed by atoms with van der Waals surface area (Å²) in [5, 5.41) is 0. The monoisotopic (exact) mass is 175 g/mol. The van der Waals surface area contributed by atoms with E-state index < -0.39 is 0 Å². The van der Waals surface area contributed by atoms with E-state index in [0.29, 0.717) is 0 Å². The van der Waals surface area contributed by atoms with Gasteiger partial charge in [-0.25, -0.2) is 4.40 Å². The largest absolute Gasteiger partial charge is 0.216 e. The maximum Gasteiger partial charge on any atom is 0.0532 e. The van der Waals surface area contributed by atoms with E-state index in [4.69, 9.17) is 0 Å². The first-order valence-electron chi connectivity index (χ1n) is 3.79. The van der Waals surface area contributed by atoms with Crippen LogP contribution in [0.15, 0.2) is 40.1 Å². The minimum absolute atomic E-state index is 1.03. The van der Waals surface area contributed by atoms with Crippen molar-refractivity contribution in [2.75, 3.05) is 0 Å². The molecule has 0 N–H and O–H groups in total. The molecule has 2 heteroatoms. The Bertz CT molecular complexity index is 366. The van der Waals surface area contributed by atoms with Gasteiger partial charge in [-0.05, 0) is 24.1 Å². The number of allylic oxidation sites excluding steroid dienone is 1. The molecule has 1 heterocycles. The molecule has 1 aromatic rings. The summed E-state index contributed by atoms with van der Waals surface area (Å²) in [5.41, 5.74) is 3.29. The van der Waals surface area contributed by atoms with Crippen molar-refractivity contribution in [2.24, 2.45) is 4.40 Å². The summed E-state index contributed by atoms with van der Waals surface area (Å²) in [5.74, 6) is 0. The Morgan fingerprint density at radius 2 is 2.08 bits per heavy atom. The van der Waals surface area contributed by atoms with Gasteiger partial charge in [-0.1, -0.05) is 24.8 Å². The van der Waals surface area contributed by atoms with Gasteiger partial charge in [-0.2, -0.15) is 0 Å². The van der Waals surface area contributed by atoms with Crippen molar-refractivity contribution < 1.29 is 0 Å². The molecule has 60 valence electrons. The molecule has 1 aliphatic rings. The van der Waals surface area contributed by atoms with E-state index in [9.17, 15) is 0 Å². The van der Waals surface area contributed by atoms with Crippen LogP contribution in [-0.2, 0) is 0 Å². The SMILES string of the molecule is C=C1C(C)=NSc2ccccc21. The molecule has 12 heavy (non-hydrogen) atoms. The third-order valence-electron chi connectivity index (χ3n) is 1.93. The van der Waals surface area contributed by atoms with Gasteiger partial charge in [-0.15, -0.1) is 0 Å². The van der Waals surface area contributed by atoms with Gasteiger partial charge < -0.3 is 0 Å². The fourth-order valence-electron chi connectivity index (χ4n) is 1.16. The lowest BCUT2D eigenvalue weighted by Gasteiger charge is -2.14. The molecule has 0 aliphatic carbocycles. The fraction of sp³-hybridized carbons (Fsp3) is 0.100. The summed E-state index contributed by atoms with van der Waals surface area (Å²) in [7, 11) is 0. The lowest BCUT2D eigenvalue weighted by molar-refractivity contribution is 1.39. The zero-order chi connectivity index (χ0) is 8.55. The van der Waals surface area contributed by atoms with Crippen molar-refractivity contribution in [3.63, 3.8) is 0 Å². The van der Waals surface area contributed by atoms with E-state index in [1.54, 1.807) is 0 Å². The first-order chi connectivity index (χ1) is 5.79. The second-order valence-corrected chi connectivity index (χ2v) is 3.55. The number of nitrogens with zero attached hydrogens (tertiary/aromatic N) is 1. The van der Waals surface area contributed by atoms with Crippen molar-refractivity contribution in [2.45, 2.75) is 11.8 Å². The quantitative estimate of drug-likeness (QED) is 0.552. The van der Waals surface area contributed by atoms with Crippen LogP contribution in [-0.4, -0.2) is 5.71 Å². The molecule has 2 rings (SSSR count). The Hall–Kier alpha value is -1.02. The van der Waals surface area contributed by atoms with Crippen LogP contribution >= 0.6 is 11.9 Å². The zero-order valence-electron chi connectivity index (χ0n) is 6.87. The van der Waals surface area contributed by atoms with Gasteiger partial charge in [0.15, 0.2) is 0 Å². The average molecular weight is 175 g/mol. The van der Waals surface area contributed by atoms with Gasteiger partial charge in [0.05, 0.1) is 5.71 Å². The van der Waals surface area contributed by atoms with Crippen LogP contribution in [0.1, 0.15) is 12.5 Å². The highest BCUT2D eigenvalue weighted by atomic mass is 32.2. The maximum absolute atomic E-state index is 4.29. The summed E-state index contributed by atoms with van der Waals surface area (Å²) in [6.07, 6.45) is 0. The van der Waals surface area contributed by atoms with Crippen molar-refractivity contribution in [3.05, 3.63) is 36.4 Å². The molecule has 0 atom stereocenters. The van der Waals surface area contributed by atoms with Crippen LogP contribution in [0.3, 0.4) is 0 Å². The Morgan fingerprint density at radius 1 is 1.33 bits per heavy atom. The molecule has 0 spiro atoms. The standard InChI is InChI=1S/C10H9NS/c1-7-8(2)11-12-10-6-4-3-5-9(7)10/h3-6H,1H2,2H3. The molecule has 0 fully saturated rings. The van der Waals surface area contributed by atoms with Crippen LogP contribution in [0, 0.1) is 0 Å². The Morgan fingerprint density at radius 3 is 2.92 bits per heavy atom. The first-order valence-corrected chi connectivity index (χ1v) is 4.56. The molecule has 0 saturated carbocycles. The number of rotatable bonds is 0. The number of hydrogen-bond acceptors (Lipinski definition) is 2. The third kappa shape index (κ3) is 1.08. The Kier molecular flexibility index (Phi) is 1.77. The smallest absolute Gasteiger partial charge is 0.0532 e. The molecule has 0 unspecified atom stereocenters. The molecule has 0 aromatic heterocycles. The van der Waals surface area contributed by atoms with Crippen molar-refractivity contribution in [3.8, 4) is 0 Å². The van der Waals surface area contributed by atoms with Crippen LogP contribution in [0.5, 0.6) is 0 Å². The van der Waals surface area contributed by atoms with E-state index in [0.717, 1.165) is 11.3 Å². The summed E-state index contributed by atoms with van der Waals surface area (Å²) in [6.45, 7) is 5.98. The highest BCUT2D eigenvalue weighted by Gasteiger charge is 2.12. The second kappa shape index (κ2) is 2.79. The molecular weight excluding hydrogens is 166 g/mol. The first kappa shape index (κ1) is 7.62. The third-order valence-corrected chi connectivity index (χ3v) is 2.85. The van der Waals surface area contributed by atoms with Crippen molar-refractivity contribution in [1.82, 2.24) is 0 Å². The topological polar surface area (TPSA) is 12.4 Å². The molecule has 1 aromatic carbocycles. The van der Waals surface area contributed by atoms with Crippen LogP contribution < -0.4 is 0 Å². The van der Waals surface area contributed by atoms with E-state index >= 15 is 0 Å². The maximum atomic E-state index is 4.29. The molecule has 0 bridgehead atoms. The van der Waals surface area contributed by atoms with Gasteiger partial charge >= 0.3 is 0 Å². The normalized spacial score (nSPS) is 15.4. The van der Waals surface area contributed by atoms with E-state index in [1.807, 2.05) is 19.1 Å². The minimum Gasteiger partial charge on any atom is -0.216 e. The zero-order valence-corrected chi connectivity index (χ0v) is 7.69. The molecular formula is C10H9NS. The summed E-state index contributed by atoms with van der Waals surface area (Å²) in [6, 6.07) is 8.21. The second-order valence-electron chi connectivity index (χ2n) is 2.74. The average Bonchev–Trinajstić information content (AvgIpc) is 2.12. The highest BCUT2D eigenvalue weighted by molar-refractivity contribution is 7.98. The van der Waals surface area contributed by atoms with Gasteiger partial charge in [0, 0.05) is 16.8 Å². The van der Waals surface area contributed by atoms with Crippen molar-refractivity contribution in [1.29, 1.82) is 0 Å². The lowest BCUT2D eigenvalue weighted by Crippen LogP contribution is -2.00. The number of benzene rings is 1. The van der Waals surface area contributed by atoms with Gasteiger partial charge in [0.1, 0.15) is 0 Å². The summed E-state index contributed by atoms with van der Waals surface area (Å²) in [4.78, 5) is 1.20. The fourth-order valence-corrected chi connectivity index (χ4v) is 1.94. The molecule has 0 amide bonds. The summed E-state index contributed by atoms with van der Waals surface area (Å²) < 4.78 is 4.29. The van der Waals surface area contributed by atoms with Crippen LogP contribution in [0.2, 0.25) is 0 Å². The Balaban J connectivity index is 2.57.